The Morgan fingerprint density at radius 3 is 2.49 bits per heavy atom. The average molecular weight is 503 g/mol. The Kier molecular flexibility index (Phi) is 10.4. The van der Waals surface area contributed by atoms with E-state index in [1.165, 1.54) is 0 Å². The molecule has 3 aromatic rings. The summed E-state index contributed by atoms with van der Waals surface area (Å²) in [5, 5.41) is 12.5. The molecule has 0 atom stereocenters. The van der Waals surface area contributed by atoms with E-state index in [1.807, 2.05) is 26.0 Å². The first-order chi connectivity index (χ1) is 17.0. The number of hydrogen-bond donors (Lipinski definition) is 2. The lowest BCUT2D eigenvalue weighted by Gasteiger charge is -2.11. The number of amides is 1. The van der Waals surface area contributed by atoms with Crippen LogP contribution in [0.2, 0.25) is 0 Å². The van der Waals surface area contributed by atoms with Gasteiger partial charge in [0.1, 0.15) is 17.3 Å². The van der Waals surface area contributed by atoms with Gasteiger partial charge in [-0.05, 0) is 38.1 Å². The second-order valence-electron chi connectivity index (χ2n) is 7.79. The predicted octanol–water partition coefficient (Wildman–Crippen LogP) is 3.37. The van der Waals surface area contributed by atoms with Crippen LogP contribution >= 0.6 is 11.8 Å². The number of anilines is 1. The molecule has 3 rings (SSSR count). The smallest absolute Gasteiger partial charge is 0.258 e. The molecule has 0 fully saturated rings. The molecule has 1 aromatic carbocycles. The van der Waals surface area contributed by atoms with Gasteiger partial charge < -0.3 is 24.8 Å². The first kappa shape index (κ1) is 26.6. The molecule has 0 spiro atoms. The fraction of sp³-hybridized carbons (Fsp3) is 0.500. The topological polar surface area (TPSA) is 112 Å². The molecule has 0 aliphatic heterocycles. The number of ether oxygens (including phenoxy) is 3. The van der Waals surface area contributed by atoms with Crippen LogP contribution in [0, 0.1) is 0 Å². The fourth-order valence-electron chi connectivity index (χ4n) is 3.18. The Hall–Kier alpha value is -3.05. The molecule has 2 heterocycles. The van der Waals surface area contributed by atoms with Crippen LogP contribution in [0.15, 0.2) is 35.6 Å². The third kappa shape index (κ3) is 8.29. The van der Waals surface area contributed by atoms with Gasteiger partial charge in [-0.15, -0.1) is 0 Å². The first-order valence-corrected chi connectivity index (χ1v) is 12.7. The van der Waals surface area contributed by atoms with Crippen LogP contribution in [-0.2, 0) is 16.1 Å². The molecule has 1 amide bonds. The van der Waals surface area contributed by atoms with E-state index in [4.69, 9.17) is 19.2 Å². The number of nitrogens with one attached hydrogen (secondary N) is 2. The van der Waals surface area contributed by atoms with Crippen molar-refractivity contribution in [1.82, 2.24) is 25.1 Å². The van der Waals surface area contributed by atoms with Crippen LogP contribution in [0.3, 0.4) is 0 Å². The fourth-order valence-corrected chi connectivity index (χ4v) is 3.89. The molecule has 0 saturated heterocycles. The highest BCUT2D eigenvalue weighted by Gasteiger charge is 2.14. The van der Waals surface area contributed by atoms with Crippen LogP contribution in [0.1, 0.15) is 27.7 Å². The van der Waals surface area contributed by atoms with Crippen LogP contribution in [0.4, 0.5) is 5.82 Å². The summed E-state index contributed by atoms with van der Waals surface area (Å²) in [5.41, 5.74) is 0.724. The quantitative estimate of drug-likeness (QED) is 0.183. The van der Waals surface area contributed by atoms with Gasteiger partial charge in [-0.1, -0.05) is 25.6 Å². The Morgan fingerprint density at radius 1 is 1.06 bits per heavy atom. The van der Waals surface area contributed by atoms with Crippen molar-refractivity contribution in [2.45, 2.75) is 44.6 Å². The summed E-state index contributed by atoms with van der Waals surface area (Å²) >= 11 is 1.59. The lowest BCUT2D eigenvalue weighted by Crippen LogP contribution is -2.31. The molecule has 10 nitrogen and oxygen atoms in total. The van der Waals surface area contributed by atoms with E-state index in [0.717, 1.165) is 22.6 Å². The standard InChI is InChI=1S/C24H34N6O4S/c1-5-32-14-12-26-22-20-15-27-30(23(20)29-24(28-22)35-17(3)4)13-11-25-21(31)16-34-19-9-7-18(8-10-19)33-6-2/h7-10,15,17H,5-6,11-14,16H2,1-4H3,(H,25,31)(H,26,28,29). The van der Waals surface area contributed by atoms with E-state index < -0.39 is 0 Å². The van der Waals surface area contributed by atoms with Crippen LogP contribution in [-0.4, -0.2) is 70.4 Å². The maximum atomic E-state index is 12.2. The number of aromatic nitrogens is 4. The Balaban J connectivity index is 1.57. The van der Waals surface area contributed by atoms with Crippen molar-refractivity contribution >= 4 is 34.5 Å². The minimum absolute atomic E-state index is 0.0704. The van der Waals surface area contributed by atoms with Crippen LogP contribution in [0.5, 0.6) is 11.5 Å². The first-order valence-electron chi connectivity index (χ1n) is 11.8. The molecule has 2 aromatic heterocycles. The summed E-state index contributed by atoms with van der Waals surface area (Å²) in [4.78, 5) is 21.6. The summed E-state index contributed by atoms with van der Waals surface area (Å²) < 4.78 is 18.2. The third-order valence-corrected chi connectivity index (χ3v) is 5.58. The van der Waals surface area contributed by atoms with Crippen molar-refractivity contribution < 1.29 is 19.0 Å². The van der Waals surface area contributed by atoms with Gasteiger partial charge in [-0.25, -0.2) is 14.6 Å². The zero-order valence-corrected chi connectivity index (χ0v) is 21.6. The molecule has 35 heavy (non-hydrogen) atoms. The van der Waals surface area contributed by atoms with Gasteiger partial charge in [0.2, 0.25) is 0 Å². The lowest BCUT2D eigenvalue weighted by molar-refractivity contribution is -0.123. The molecular formula is C24H34N6O4S. The summed E-state index contributed by atoms with van der Waals surface area (Å²) in [5.74, 6) is 1.90. The second-order valence-corrected chi connectivity index (χ2v) is 9.34. The van der Waals surface area contributed by atoms with Crippen molar-refractivity contribution in [2.24, 2.45) is 0 Å². The summed E-state index contributed by atoms with van der Waals surface area (Å²) in [7, 11) is 0. The van der Waals surface area contributed by atoms with Crippen molar-refractivity contribution in [1.29, 1.82) is 0 Å². The van der Waals surface area contributed by atoms with Gasteiger partial charge in [-0.2, -0.15) is 5.10 Å². The number of benzene rings is 1. The molecule has 11 heteroatoms. The molecule has 0 aliphatic rings. The van der Waals surface area contributed by atoms with E-state index in [1.54, 1.807) is 34.8 Å². The highest BCUT2D eigenvalue weighted by atomic mass is 32.2. The summed E-state index contributed by atoms with van der Waals surface area (Å²) in [6.45, 7) is 11.4. The number of hydrogen-bond acceptors (Lipinski definition) is 9. The SMILES string of the molecule is CCOCCNc1nc(SC(C)C)nc2c1cnn2CCNC(=O)COc1ccc(OCC)cc1. The largest absolute Gasteiger partial charge is 0.494 e. The third-order valence-electron chi connectivity index (χ3n) is 4.71. The Morgan fingerprint density at radius 2 is 1.80 bits per heavy atom. The van der Waals surface area contributed by atoms with E-state index >= 15 is 0 Å². The molecule has 0 unspecified atom stereocenters. The maximum absolute atomic E-state index is 12.2. The number of rotatable bonds is 15. The highest BCUT2D eigenvalue weighted by Crippen LogP contribution is 2.26. The van der Waals surface area contributed by atoms with Gasteiger partial charge in [0.05, 0.1) is 31.3 Å². The van der Waals surface area contributed by atoms with Crippen molar-refractivity contribution in [2.75, 3.05) is 44.8 Å². The zero-order valence-electron chi connectivity index (χ0n) is 20.7. The zero-order chi connectivity index (χ0) is 25.0. The van der Waals surface area contributed by atoms with Gasteiger partial charge in [0.15, 0.2) is 17.4 Å². The van der Waals surface area contributed by atoms with E-state index in [2.05, 4.69) is 34.6 Å². The van der Waals surface area contributed by atoms with Gasteiger partial charge in [0, 0.05) is 24.9 Å². The van der Waals surface area contributed by atoms with Crippen LogP contribution < -0.4 is 20.1 Å². The lowest BCUT2D eigenvalue weighted by atomic mass is 10.3. The molecular weight excluding hydrogens is 468 g/mol. The number of fused-ring (bicyclic) bond motifs is 1. The number of nitrogens with zero attached hydrogens (tertiary/aromatic N) is 4. The average Bonchev–Trinajstić information content (AvgIpc) is 3.24. The van der Waals surface area contributed by atoms with Crippen molar-refractivity contribution in [3.05, 3.63) is 30.5 Å². The number of thioether (sulfide) groups is 1. The molecule has 2 N–H and O–H groups in total. The maximum Gasteiger partial charge on any atom is 0.258 e. The minimum Gasteiger partial charge on any atom is -0.494 e. The summed E-state index contributed by atoms with van der Waals surface area (Å²) in [6, 6.07) is 7.18. The van der Waals surface area contributed by atoms with Gasteiger partial charge >= 0.3 is 0 Å². The van der Waals surface area contributed by atoms with Crippen molar-refractivity contribution in [3.63, 3.8) is 0 Å². The number of carbonyl (C=O) groups is 1. The molecule has 0 radical (unpaired) electrons. The number of carbonyl (C=O) groups excluding carboxylic acids is 1. The van der Waals surface area contributed by atoms with E-state index in [9.17, 15) is 4.79 Å². The van der Waals surface area contributed by atoms with E-state index in [0.29, 0.717) is 55.6 Å². The predicted molar refractivity (Wildman–Crippen MR) is 137 cm³/mol. The van der Waals surface area contributed by atoms with Crippen molar-refractivity contribution in [3.8, 4) is 11.5 Å². The second kappa shape index (κ2) is 13.7. The highest BCUT2D eigenvalue weighted by molar-refractivity contribution is 7.99. The Bertz CT molecular complexity index is 1070. The van der Waals surface area contributed by atoms with Gasteiger partial charge in [0.25, 0.3) is 5.91 Å². The monoisotopic (exact) mass is 502 g/mol. The normalized spacial score (nSPS) is 11.1. The van der Waals surface area contributed by atoms with Gasteiger partial charge in [-0.3, -0.25) is 4.79 Å². The minimum atomic E-state index is -0.209. The molecule has 0 bridgehead atoms. The molecule has 0 aliphatic carbocycles. The van der Waals surface area contributed by atoms with Crippen LogP contribution in [0.25, 0.3) is 11.0 Å². The Labute approximate surface area is 210 Å². The van der Waals surface area contributed by atoms with E-state index in [-0.39, 0.29) is 12.5 Å². The molecule has 190 valence electrons. The summed E-state index contributed by atoms with van der Waals surface area (Å²) in [6.07, 6.45) is 1.75. The molecule has 0 saturated carbocycles.